The summed E-state index contributed by atoms with van der Waals surface area (Å²) in [5.41, 5.74) is 0.795. The Kier molecular flexibility index (Phi) is 6.35. The number of nitrogens with zero attached hydrogens (tertiary/aromatic N) is 3. The summed E-state index contributed by atoms with van der Waals surface area (Å²) in [5, 5.41) is 3.34. The highest BCUT2D eigenvalue weighted by atomic mass is 16.2. The largest absolute Gasteiger partial charge is 0.351 e. The Morgan fingerprint density at radius 2 is 1.84 bits per heavy atom. The molecule has 2 heterocycles. The lowest BCUT2D eigenvalue weighted by Gasteiger charge is -2.44. The molecule has 1 atom stereocenters. The van der Waals surface area contributed by atoms with E-state index in [-0.39, 0.29) is 17.9 Å². The number of carbonyl (C=O) groups is 2. The van der Waals surface area contributed by atoms with Crippen molar-refractivity contribution in [1.29, 1.82) is 0 Å². The van der Waals surface area contributed by atoms with Gasteiger partial charge in [0.05, 0.1) is 17.6 Å². The van der Waals surface area contributed by atoms with Crippen molar-refractivity contribution >= 4 is 22.8 Å². The van der Waals surface area contributed by atoms with Crippen LogP contribution in [0.2, 0.25) is 0 Å². The van der Waals surface area contributed by atoms with Crippen LogP contribution in [0.3, 0.4) is 0 Å². The Hall–Kier alpha value is -2.37. The van der Waals surface area contributed by atoms with E-state index in [4.69, 9.17) is 0 Å². The second kappa shape index (κ2) is 9.01. The van der Waals surface area contributed by atoms with Gasteiger partial charge in [0, 0.05) is 12.6 Å². The Bertz CT molecular complexity index is 942. The number of hydrogen-bond donors (Lipinski definition) is 1. The van der Waals surface area contributed by atoms with Gasteiger partial charge in [0.1, 0.15) is 5.54 Å². The number of aromatic nitrogens is 2. The van der Waals surface area contributed by atoms with Crippen molar-refractivity contribution in [3.63, 3.8) is 0 Å². The third-order valence-corrected chi connectivity index (χ3v) is 7.01. The molecule has 168 valence electrons. The van der Waals surface area contributed by atoms with Gasteiger partial charge in [0.2, 0.25) is 5.91 Å². The second-order valence-electron chi connectivity index (χ2n) is 9.94. The number of para-hydroxylation sites is 2. The average molecular weight is 425 g/mol. The molecule has 1 saturated carbocycles. The van der Waals surface area contributed by atoms with Gasteiger partial charge in [-0.05, 0) is 44.2 Å². The third-order valence-electron chi connectivity index (χ3n) is 7.01. The van der Waals surface area contributed by atoms with Gasteiger partial charge in [-0.3, -0.25) is 9.59 Å². The van der Waals surface area contributed by atoms with Gasteiger partial charge in [-0.15, -0.1) is 0 Å². The molecule has 1 aromatic heterocycles. The molecule has 0 saturated heterocycles. The van der Waals surface area contributed by atoms with Crippen LogP contribution in [0.15, 0.2) is 24.3 Å². The lowest BCUT2D eigenvalue weighted by atomic mass is 9.92. The summed E-state index contributed by atoms with van der Waals surface area (Å²) in [5.74, 6) is 0.727. The molecular weight excluding hydrogens is 388 g/mol. The number of imidazole rings is 1. The third kappa shape index (κ3) is 4.35. The van der Waals surface area contributed by atoms with E-state index in [0.29, 0.717) is 24.8 Å². The molecule has 1 aliphatic heterocycles. The summed E-state index contributed by atoms with van der Waals surface area (Å²) < 4.78 is 1.95. The van der Waals surface area contributed by atoms with Crippen LogP contribution in [0.25, 0.3) is 11.0 Å². The molecule has 6 nitrogen and oxygen atoms in total. The summed E-state index contributed by atoms with van der Waals surface area (Å²) in [6.45, 7) is 7.23. The standard InChI is InChI=1S/C25H36N4O2/c1-18(2)15-16-29-23(30)22-27-20-13-9-10-14-21(20)28(22)17-25(29,3)24(31)26-19-11-7-5-4-6-8-12-19/h9-10,13-14,18-19H,4-8,11-12,15-17H2,1-3H3,(H,26,31). The van der Waals surface area contributed by atoms with Gasteiger partial charge in [0.25, 0.3) is 5.91 Å². The lowest BCUT2D eigenvalue weighted by molar-refractivity contribution is -0.133. The second-order valence-corrected chi connectivity index (χ2v) is 9.94. The van der Waals surface area contributed by atoms with Crippen LogP contribution >= 0.6 is 0 Å². The van der Waals surface area contributed by atoms with Crippen molar-refractivity contribution < 1.29 is 9.59 Å². The van der Waals surface area contributed by atoms with Gasteiger partial charge in [0.15, 0.2) is 5.82 Å². The minimum atomic E-state index is -0.926. The topological polar surface area (TPSA) is 67.2 Å². The molecular formula is C25H36N4O2. The van der Waals surface area contributed by atoms with Crippen molar-refractivity contribution in [3.05, 3.63) is 30.1 Å². The number of fused-ring (bicyclic) bond motifs is 3. The van der Waals surface area contributed by atoms with E-state index < -0.39 is 5.54 Å². The fourth-order valence-corrected chi connectivity index (χ4v) is 5.01. The Balaban J connectivity index is 1.66. The molecule has 1 unspecified atom stereocenters. The minimum absolute atomic E-state index is 0.0291. The molecule has 1 aromatic carbocycles. The first-order chi connectivity index (χ1) is 14.9. The molecule has 2 amide bonds. The van der Waals surface area contributed by atoms with E-state index in [0.717, 1.165) is 43.1 Å². The smallest absolute Gasteiger partial charge is 0.290 e. The average Bonchev–Trinajstić information content (AvgIpc) is 3.08. The van der Waals surface area contributed by atoms with E-state index >= 15 is 0 Å². The van der Waals surface area contributed by atoms with Gasteiger partial charge in [-0.1, -0.05) is 58.1 Å². The molecule has 1 fully saturated rings. The quantitative estimate of drug-likeness (QED) is 0.767. The zero-order chi connectivity index (χ0) is 22.0. The Morgan fingerprint density at radius 3 is 2.55 bits per heavy atom. The van der Waals surface area contributed by atoms with Crippen molar-refractivity contribution in [2.24, 2.45) is 5.92 Å². The zero-order valence-electron chi connectivity index (χ0n) is 19.2. The van der Waals surface area contributed by atoms with Crippen LogP contribution in [0.4, 0.5) is 0 Å². The fourth-order valence-electron chi connectivity index (χ4n) is 5.01. The molecule has 2 aliphatic rings. The maximum atomic E-state index is 13.7. The van der Waals surface area contributed by atoms with E-state index in [9.17, 15) is 9.59 Å². The van der Waals surface area contributed by atoms with Crippen molar-refractivity contribution in [2.45, 2.75) is 90.3 Å². The lowest BCUT2D eigenvalue weighted by Crippen LogP contribution is -2.65. The number of rotatable bonds is 5. The number of amides is 2. The first-order valence-corrected chi connectivity index (χ1v) is 12.0. The normalized spacial score (nSPS) is 23.0. The highest BCUT2D eigenvalue weighted by Gasteiger charge is 2.48. The summed E-state index contributed by atoms with van der Waals surface area (Å²) in [7, 11) is 0. The Labute approximate surface area is 185 Å². The number of hydrogen-bond acceptors (Lipinski definition) is 3. The van der Waals surface area contributed by atoms with Crippen LogP contribution in [-0.4, -0.2) is 44.4 Å². The van der Waals surface area contributed by atoms with Crippen molar-refractivity contribution in [2.75, 3.05) is 6.54 Å². The van der Waals surface area contributed by atoms with Crippen LogP contribution in [-0.2, 0) is 11.3 Å². The van der Waals surface area contributed by atoms with Gasteiger partial charge >= 0.3 is 0 Å². The maximum absolute atomic E-state index is 13.7. The van der Waals surface area contributed by atoms with Crippen LogP contribution < -0.4 is 5.32 Å². The molecule has 31 heavy (non-hydrogen) atoms. The molecule has 6 heteroatoms. The summed E-state index contributed by atoms with van der Waals surface area (Å²) in [4.78, 5) is 33.7. The monoisotopic (exact) mass is 424 g/mol. The Morgan fingerprint density at radius 1 is 1.16 bits per heavy atom. The molecule has 0 spiro atoms. The van der Waals surface area contributed by atoms with E-state index in [1.807, 2.05) is 35.8 Å². The van der Waals surface area contributed by atoms with Gasteiger partial charge in [-0.25, -0.2) is 4.98 Å². The first-order valence-electron chi connectivity index (χ1n) is 12.0. The van der Waals surface area contributed by atoms with Crippen molar-refractivity contribution in [3.8, 4) is 0 Å². The van der Waals surface area contributed by atoms with Crippen LogP contribution in [0.5, 0.6) is 0 Å². The van der Waals surface area contributed by atoms with Crippen LogP contribution in [0.1, 0.15) is 82.8 Å². The predicted molar refractivity (Wildman–Crippen MR) is 123 cm³/mol. The molecule has 1 N–H and O–H groups in total. The molecule has 1 aliphatic carbocycles. The van der Waals surface area contributed by atoms with Crippen LogP contribution in [0, 0.1) is 5.92 Å². The number of carbonyl (C=O) groups excluding carboxylic acids is 2. The van der Waals surface area contributed by atoms with E-state index in [1.165, 1.54) is 19.3 Å². The number of nitrogens with one attached hydrogen (secondary N) is 1. The summed E-state index contributed by atoms with van der Waals surface area (Å²) in [6.07, 6.45) is 9.02. The number of benzene rings is 1. The van der Waals surface area contributed by atoms with Crippen molar-refractivity contribution in [1.82, 2.24) is 19.8 Å². The molecule has 2 aromatic rings. The summed E-state index contributed by atoms with van der Waals surface area (Å²) in [6, 6.07) is 8.00. The molecule has 0 bridgehead atoms. The molecule has 0 radical (unpaired) electrons. The zero-order valence-corrected chi connectivity index (χ0v) is 19.2. The van der Waals surface area contributed by atoms with E-state index in [2.05, 4.69) is 24.1 Å². The molecule has 4 rings (SSSR count). The first kappa shape index (κ1) is 21.8. The fraction of sp³-hybridized carbons (Fsp3) is 0.640. The van der Waals surface area contributed by atoms with Gasteiger partial charge < -0.3 is 14.8 Å². The predicted octanol–water partition coefficient (Wildman–Crippen LogP) is 4.53. The summed E-state index contributed by atoms with van der Waals surface area (Å²) >= 11 is 0. The minimum Gasteiger partial charge on any atom is -0.351 e. The highest BCUT2D eigenvalue weighted by Crippen LogP contribution is 2.31. The van der Waals surface area contributed by atoms with E-state index in [1.54, 1.807) is 4.90 Å². The van der Waals surface area contributed by atoms with Gasteiger partial charge in [-0.2, -0.15) is 0 Å². The highest BCUT2D eigenvalue weighted by molar-refractivity contribution is 6.01. The SMILES string of the molecule is CC(C)CCN1C(=O)c2nc3ccccc3n2CC1(C)C(=O)NC1CCCCCCC1. The maximum Gasteiger partial charge on any atom is 0.290 e.